The lowest BCUT2D eigenvalue weighted by atomic mass is 9.56. The molecule has 2 heterocycles. The molecule has 2 saturated heterocycles. The molecule has 3 aromatic rings. The standard InChI is InChI=1S/C34H20Cl3F7N2O5/c35-24-12-19(47)5-6-21(24)26-20-7-8-22-25(28(49)45(27(22)48)18-10-14(33(39,40)41)9-15(11-18)34(42,43)44)23(20)13-31(36)29(50)46(30(51)32(26,31)37)17-3-1-16(38)2-4-17/h1-7,9-12,22-23,25-26,47H,8,13H2. The van der Waals surface area contributed by atoms with E-state index in [0.717, 1.165) is 30.3 Å². The van der Waals surface area contributed by atoms with Gasteiger partial charge in [-0.2, -0.15) is 26.3 Å². The number of phenolic OH excluding ortho intramolecular Hbond substituents is 1. The van der Waals surface area contributed by atoms with Gasteiger partial charge >= 0.3 is 12.4 Å². The third kappa shape index (κ3) is 5.07. The van der Waals surface area contributed by atoms with Crippen LogP contribution in [0.15, 0.2) is 72.3 Å². The van der Waals surface area contributed by atoms with E-state index < -0.39 is 98.5 Å². The number of nitrogens with zero attached hydrogens (tertiary/aromatic N) is 2. The first-order valence-corrected chi connectivity index (χ1v) is 16.2. The first-order chi connectivity index (χ1) is 23.7. The minimum absolute atomic E-state index is 0.0762. The average Bonchev–Trinajstić information content (AvgIpc) is 3.39. The van der Waals surface area contributed by atoms with Crippen LogP contribution in [0, 0.1) is 23.6 Å². The number of hydrogen-bond acceptors (Lipinski definition) is 5. The van der Waals surface area contributed by atoms with Crippen LogP contribution in [0.4, 0.5) is 42.1 Å². The first kappa shape index (κ1) is 35.3. The van der Waals surface area contributed by atoms with Gasteiger partial charge in [0.25, 0.3) is 11.8 Å². The van der Waals surface area contributed by atoms with Gasteiger partial charge < -0.3 is 5.11 Å². The summed E-state index contributed by atoms with van der Waals surface area (Å²) < 4.78 is 96.3. The molecule has 0 bridgehead atoms. The molecule has 4 aliphatic rings. The Balaban J connectivity index is 1.39. The highest BCUT2D eigenvalue weighted by Crippen LogP contribution is 2.66. The van der Waals surface area contributed by atoms with E-state index in [1.165, 1.54) is 18.2 Å². The number of hydrogen-bond donors (Lipinski definition) is 1. The number of allylic oxidation sites excluding steroid dienone is 2. The minimum atomic E-state index is -5.27. The van der Waals surface area contributed by atoms with Crippen LogP contribution in [0.2, 0.25) is 5.02 Å². The number of carbonyl (C=O) groups excluding carboxylic acids is 4. The second kappa shape index (κ2) is 11.4. The van der Waals surface area contributed by atoms with Gasteiger partial charge in [0, 0.05) is 10.9 Å². The van der Waals surface area contributed by atoms with Crippen molar-refractivity contribution >= 4 is 69.8 Å². The van der Waals surface area contributed by atoms with Gasteiger partial charge in [-0.1, -0.05) is 29.3 Å². The third-order valence-corrected chi connectivity index (χ3v) is 11.8. The fourth-order valence-corrected chi connectivity index (χ4v) is 9.03. The topological polar surface area (TPSA) is 95.0 Å². The van der Waals surface area contributed by atoms with Gasteiger partial charge in [-0.05, 0) is 78.9 Å². The van der Waals surface area contributed by atoms with Crippen molar-refractivity contribution in [1.29, 1.82) is 0 Å². The number of carbonyl (C=O) groups is 4. The molecule has 7 rings (SSSR count). The van der Waals surface area contributed by atoms with Crippen LogP contribution >= 0.6 is 34.8 Å². The van der Waals surface area contributed by atoms with Crippen molar-refractivity contribution < 1.29 is 55.0 Å². The van der Waals surface area contributed by atoms with Crippen LogP contribution in [0.25, 0.3) is 0 Å². The molecular weight excluding hydrogens is 756 g/mol. The maximum atomic E-state index is 14.4. The summed E-state index contributed by atoms with van der Waals surface area (Å²) in [4.78, 5) is 52.8. The molecule has 1 N–H and O–H groups in total. The maximum absolute atomic E-state index is 14.4. The lowest BCUT2D eigenvalue weighted by molar-refractivity contribution is -0.143. The maximum Gasteiger partial charge on any atom is 0.416 e. The lowest BCUT2D eigenvalue weighted by Gasteiger charge is -2.50. The molecule has 4 amide bonds. The van der Waals surface area contributed by atoms with Crippen molar-refractivity contribution in [3.63, 3.8) is 0 Å². The Bertz CT molecular complexity index is 2060. The summed E-state index contributed by atoms with van der Waals surface area (Å²) in [6.45, 7) is 0. The molecule has 1 saturated carbocycles. The molecule has 6 atom stereocenters. The highest BCUT2D eigenvalue weighted by Gasteiger charge is 2.77. The Kier molecular flexibility index (Phi) is 7.90. The van der Waals surface area contributed by atoms with E-state index in [4.69, 9.17) is 34.8 Å². The number of anilines is 2. The van der Waals surface area contributed by atoms with E-state index in [1.54, 1.807) is 0 Å². The summed E-state index contributed by atoms with van der Waals surface area (Å²) in [5.41, 5.74) is -4.27. The van der Waals surface area contributed by atoms with Crippen LogP contribution < -0.4 is 9.80 Å². The number of alkyl halides is 8. The van der Waals surface area contributed by atoms with Gasteiger partial charge in [0.15, 0.2) is 9.75 Å². The number of phenols is 1. The van der Waals surface area contributed by atoms with E-state index in [1.807, 2.05) is 0 Å². The van der Waals surface area contributed by atoms with E-state index >= 15 is 0 Å². The molecule has 6 unspecified atom stereocenters. The van der Waals surface area contributed by atoms with Crippen LogP contribution in [0.5, 0.6) is 5.75 Å². The Morgan fingerprint density at radius 2 is 1.35 bits per heavy atom. The molecule has 0 radical (unpaired) electrons. The molecule has 266 valence electrons. The number of benzene rings is 3. The van der Waals surface area contributed by atoms with Gasteiger partial charge in [0.1, 0.15) is 11.6 Å². The molecule has 17 heteroatoms. The molecule has 3 aromatic carbocycles. The zero-order valence-corrected chi connectivity index (χ0v) is 27.6. The zero-order chi connectivity index (χ0) is 37.2. The number of amides is 4. The third-order valence-electron chi connectivity index (χ3n) is 10.0. The summed E-state index contributed by atoms with van der Waals surface area (Å²) in [7, 11) is 0. The Morgan fingerprint density at radius 3 is 1.92 bits per heavy atom. The average molecular weight is 776 g/mol. The fraction of sp³-hybridized carbons (Fsp3) is 0.294. The number of imide groups is 2. The largest absolute Gasteiger partial charge is 0.508 e. The molecule has 0 aromatic heterocycles. The quantitative estimate of drug-likeness (QED) is 0.126. The summed E-state index contributed by atoms with van der Waals surface area (Å²) in [5, 5.41) is 9.96. The lowest BCUT2D eigenvalue weighted by Crippen LogP contribution is -2.60. The fourth-order valence-electron chi connectivity index (χ4n) is 7.82. The van der Waals surface area contributed by atoms with Gasteiger partial charge in [0.2, 0.25) is 11.8 Å². The first-order valence-electron chi connectivity index (χ1n) is 15.1. The zero-order valence-electron chi connectivity index (χ0n) is 25.3. The van der Waals surface area contributed by atoms with E-state index in [0.29, 0.717) is 4.90 Å². The van der Waals surface area contributed by atoms with Crippen LogP contribution in [-0.2, 0) is 31.5 Å². The van der Waals surface area contributed by atoms with Gasteiger partial charge in [-0.15, -0.1) is 23.2 Å². The summed E-state index contributed by atoms with van der Waals surface area (Å²) in [5.74, 6) is -10.8. The monoisotopic (exact) mass is 774 g/mol. The second-order valence-corrected chi connectivity index (χ2v) is 14.4. The number of halogens is 10. The van der Waals surface area contributed by atoms with Crippen molar-refractivity contribution in [2.75, 3.05) is 9.80 Å². The Hall–Kier alpha value is -4.14. The summed E-state index contributed by atoms with van der Waals surface area (Å²) in [6, 6.07) is 8.28. The normalized spacial score (nSPS) is 29.3. The SMILES string of the molecule is O=C1C2CC=C3C(CC4(Cl)C(=O)N(c5ccc(F)cc5)C(=O)C4(Cl)C3c3ccc(O)cc3Cl)C2C(=O)N1c1cc(C(F)(F)F)cc(C(F)(F)F)c1. The van der Waals surface area contributed by atoms with Crippen molar-refractivity contribution in [3.05, 3.63) is 99.8 Å². The minimum Gasteiger partial charge on any atom is -0.508 e. The highest BCUT2D eigenvalue weighted by molar-refractivity contribution is 6.58. The van der Waals surface area contributed by atoms with E-state index in [9.17, 15) is 55.0 Å². The van der Waals surface area contributed by atoms with Crippen molar-refractivity contribution in [2.45, 2.75) is 40.9 Å². The molecular formula is C34H20Cl3F7N2O5. The molecule has 2 aliphatic heterocycles. The van der Waals surface area contributed by atoms with Gasteiger partial charge in [0.05, 0.1) is 34.3 Å². The molecule has 0 spiro atoms. The Labute approximate surface area is 298 Å². The van der Waals surface area contributed by atoms with Gasteiger partial charge in [-0.3, -0.25) is 19.2 Å². The van der Waals surface area contributed by atoms with Crippen LogP contribution in [0.3, 0.4) is 0 Å². The van der Waals surface area contributed by atoms with E-state index in [-0.39, 0.29) is 57.1 Å². The van der Waals surface area contributed by atoms with Crippen molar-refractivity contribution in [1.82, 2.24) is 0 Å². The van der Waals surface area contributed by atoms with Crippen molar-refractivity contribution in [2.24, 2.45) is 17.8 Å². The van der Waals surface area contributed by atoms with Crippen LogP contribution in [0.1, 0.15) is 35.4 Å². The van der Waals surface area contributed by atoms with Crippen molar-refractivity contribution in [3.8, 4) is 5.75 Å². The van der Waals surface area contributed by atoms with E-state index in [2.05, 4.69) is 0 Å². The predicted molar refractivity (Wildman–Crippen MR) is 169 cm³/mol. The predicted octanol–water partition coefficient (Wildman–Crippen LogP) is 7.99. The number of fused-ring (bicyclic) bond motifs is 4. The second-order valence-electron chi connectivity index (χ2n) is 12.7. The number of aromatic hydroxyl groups is 1. The Morgan fingerprint density at radius 1 is 0.745 bits per heavy atom. The van der Waals surface area contributed by atoms with Gasteiger partial charge in [-0.25, -0.2) is 14.2 Å². The highest BCUT2D eigenvalue weighted by atomic mass is 35.5. The smallest absolute Gasteiger partial charge is 0.416 e. The number of rotatable bonds is 3. The summed E-state index contributed by atoms with van der Waals surface area (Å²) >= 11 is 21.0. The summed E-state index contributed by atoms with van der Waals surface area (Å²) in [6.07, 6.45) is -9.92. The molecule has 51 heavy (non-hydrogen) atoms. The molecule has 7 nitrogen and oxygen atoms in total. The molecule has 3 fully saturated rings. The van der Waals surface area contributed by atoms with Crippen LogP contribution in [-0.4, -0.2) is 38.5 Å². The molecule has 2 aliphatic carbocycles.